The SMILES string of the molecule is Cc1cc(C)c(CNC(=O)NC[C@H]2CCCc3ccccc32)c(=O)[nH]1. The summed E-state index contributed by atoms with van der Waals surface area (Å²) in [5.74, 6) is 0.361. The lowest BCUT2D eigenvalue weighted by Gasteiger charge is -2.25. The molecule has 1 aromatic carbocycles. The number of aromatic amines is 1. The summed E-state index contributed by atoms with van der Waals surface area (Å²) in [5, 5.41) is 5.75. The van der Waals surface area contributed by atoms with Crippen molar-refractivity contribution in [3.8, 4) is 0 Å². The maximum Gasteiger partial charge on any atom is 0.315 e. The Morgan fingerprint density at radius 1 is 1.24 bits per heavy atom. The van der Waals surface area contributed by atoms with Crippen LogP contribution < -0.4 is 16.2 Å². The molecular formula is C20H25N3O2. The van der Waals surface area contributed by atoms with Crippen LogP contribution in [-0.4, -0.2) is 17.6 Å². The third kappa shape index (κ3) is 4.10. The molecule has 0 bridgehead atoms. The fourth-order valence-electron chi connectivity index (χ4n) is 3.61. The number of H-pyrrole nitrogens is 1. The average Bonchev–Trinajstić information content (AvgIpc) is 2.59. The third-order valence-corrected chi connectivity index (χ3v) is 4.92. The molecule has 132 valence electrons. The average molecular weight is 339 g/mol. The first-order valence-corrected chi connectivity index (χ1v) is 8.83. The molecule has 1 aromatic heterocycles. The van der Waals surface area contributed by atoms with Crippen LogP contribution in [0.25, 0.3) is 0 Å². The third-order valence-electron chi connectivity index (χ3n) is 4.92. The first-order valence-electron chi connectivity index (χ1n) is 8.83. The van der Waals surface area contributed by atoms with E-state index >= 15 is 0 Å². The number of amides is 2. The highest BCUT2D eigenvalue weighted by atomic mass is 16.2. The van der Waals surface area contributed by atoms with Gasteiger partial charge in [-0.15, -0.1) is 0 Å². The molecule has 0 saturated heterocycles. The number of hydrogen-bond donors (Lipinski definition) is 3. The Labute approximate surface area is 147 Å². The Kier molecular flexibility index (Phi) is 5.22. The first-order chi connectivity index (χ1) is 12.0. The monoisotopic (exact) mass is 339 g/mol. The van der Waals surface area contributed by atoms with E-state index in [0.29, 0.717) is 18.0 Å². The Hall–Kier alpha value is -2.56. The summed E-state index contributed by atoms with van der Waals surface area (Å²) in [6, 6.07) is 10.1. The van der Waals surface area contributed by atoms with E-state index in [0.717, 1.165) is 30.5 Å². The molecule has 1 aliphatic carbocycles. The molecular weight excluding hydrogens is 314 g/mol. The molecule has 2 aromatic rings. The molecule has 1 aliphatic rings. The Balaban J connectivity index is 1.55. The van der Waals surface area contributed by atoms with Gasteiger partial charge in [-0.1, -0.05) is 24.3 Å². The molecule has 0 fully saturated rings. The van der Waals surface area contributed by atoms with Gasteiger partial charge in [-0.2, -0.15) is 0 Å². The largest absolute Gasteiger partial charge is 0.338 e. The number of fused-ring (bicyclic) bond motifs is 1. The normalized spacial score (nSPS) is 16.2. The molecule has 0 saturated carbocycles. The molecule has 5 nitrogen and oxygen atoms in total. The van der Waals surface area contributed by atoms with Crippen molar-refractivity contribution in [3.05, 3.63) is 68.6 Å². The van der Waals surface area contributed by atoms with Gasteiger partial charge >= 0.3 is 6.03 Å². The number of aryl methyl sites for hydroxylation is 3. The minimum atomic E-state index is -0.234. The summed E-state index contributed by atoms with van der Waals surface area (Å²) in [7, 11) is 0. The van der Waals surface area contributed by atoms with Gasteiger partial charge in [0.05, 0.1) is 6.54 Å². The van der Waals surface area contributed by atoms with E-state index in [-0.39, 0.29) is 18.1 Å². The summed E-state index contributed by atoms with van der Waals surface area (Å²) in [5.41, 5.74) is 4.92. The van der Waals surface area contributed by atoms with Crippen LogP contribution in [0.3, 0.4) is 0 Å². The highest BCUT2D eigenvalue weighted by molar-refractivity contribution is 5.74. The number of carbonyl (C=O) groups is 1. The summed E-state index contributed by atoms with van der Waals surface area (Å²) >= 11 is 0. The van der Waals surface area contributed by atoms with Crippen LogP contribution in [0.15, 0.2) is 35.1 Å². The van der Waals surface area contributed by atoms with Crippen LogP contribution in [-0.2, 0) is 13.0 Å². The predicted molar refractivity (Wildman–Crippen MR) is 98.9 cm³/mol. The summed E-state index contributed by atoms with van der Waals surface area (Å²) in [6.45, 7) is 4.58. The number of carbonyl (C=O) groups excluding carboxylic acids is 1. The maximum atomic E-state index is 12.1. The van der Waals surface area contributed by atoms with Crippen molar-refractivity contribution in [2.24, 2.45) is 0 Å². The van der Waals surface area contributed by atoms with Gasteiger partial charge in [0.15, 0.2) is 0 Å². The van der Waals surface area contributed by atoms with Gasteiger partial charge in [0.1, 0.15) is 0 Å². The highest BCUT2D eigenvalue weighted by Crippen LogP contribution is 2.30. The van der Waals surface area contributed by atoms with Crippen molar-refractivity contribution < 1.29 is 4.79 Å². The van der Waals surface area contributed by atoms with Crippen molar-refractivity contribution in [1.29, 1.82) is 0 Å². The van der Waals surface area contributed by atoms with E-state index in [1.54, 1.807) is 0 Å². The standard InChI is InChI=1S/C20H25N3O2/c1-13-10-14(2)23-19(24)18(13)12-22-20(25)21-11-16-8-5-7-15-6-3-4-9-17(15)16/h3-4,6,9-10,16H,5,7-8,11-12H2,1-2H3,(H,23,24)(H2,21,22,25)/t16-/m1/s1. The van der Waals surface area contributed by atoms with Crippen LogP contribution in [0.1, 0.15) is 46.7 Å². The zero-order chi connectivity index (χ0) is 17.8. The number of hydrogen-bond acceptors (Lipinski definition) is 2. The lowest BCUT2D eigenvalue weighted by Crippen LogP contribution is -2.39. The zero-order valence-corrected chi connectivity index (χ0v) is 14.8. The summed E-state index contributed by atoms with van der Waals surface area (Å²) in [6.07, 6.45) is 3.37. The van der Waals surface area contributed by atoms with Crippen LogP contribution >= 0.6 is 0 Å². The van der Waals surface area contributed by atoms with Gasteiger partial charge in [-0.3, -0.25) is 4.79 Å². The van der Waals surface area contributed by atoms with Crippen molar-refractivity contribution in [2.45, 2.75) is 45.6 Å². The minimum absolute atomic E-state index is 0.140. The maximum absolute atomic E-state index is 12.1. The predicted octanol–water partition coefficient (Wildman–Crippen LogP) is 2.91. The van der Waals surface area contributed by atoms with Crippen molar-refractivity contribution in [3.63, 3.8) is 0 Å². The Bertz CT molecular complexity index is 826. The lowest BCUT2D eigenvalue weighted by molar-refractivity contribution is 0.239. The number of urea groups is 1. The molecule has 1 atom stereocenters. The van der Waals surface area contributed by atoms with Crippen LogP contribution in [0.4, 0.5) is 4.79 Å². The van der Waals surface area contributed by atoms with Gasteiger partial charge in [-0.05, 0) is 55.9 Å². The van der Waals surface area contributed by atoms with Crippen molar-refractivity contribution in [2.75, 3.05) is 6.54 Å². The topological polar surface area (TPSA) is 74.0 Å². The molecule has 3 N–H and O–H groups in total. The molecule has 5 heteroatoms. The van der Waals surface area contributed by atoms with E-state index in [1.807, 2.05) is 19.9 Å². The lowest BCUT2D eigenvalue weighted by atomic mass is 9.83. The summed E-state index contributed by atoms with van der Waals surface area (Å²) in [4.78, 5) is 26.9. The second-order valence-electron chi connectivity index (χ2n) is 6.79. The fraction of sp³-hybridized carbons (Fsp3) is 0.400. The molecule has 0 spiro atoms. The Morgan fingerprint density at radius 3 is 2.84 bits per heavy atom. The number of benzene rings is 1. The zero-order valence-electron chi connectivity index (χ0n) is 14.8. The summed E-state index contributed by atoms with van der Waals surface area (Å²) < 4.78 is 0. The molecule has 0 radical (unpaired) electrons. The van der Waals surface area contributed by atoms with Crippen LogP contribution in [0, 0.1) is 13.8 Å². The quantitative estimate of drug-likeness (QED) is 0.801. The molecule has 3 rings (SSSR count). The molecule has 1 heterocycles. The van der Waals surface area contributed by atoms with Crippen molar-refractivity contribution >= 4 is 6.03 Å². The van der Waals surface area contributed by atoms with Crippen molar-refractivity contribution in [1.82, 2.24) is 15.6 Å². The van der Waals surface area contributed by atoms with E-state index in [1.165, 1.54) is 11.1 Å². The van der Waals surface area contributed by atoms with Gasteiger partial charge in [0.25, 0.3) is 5.56 Å². The first kappa shape index (κ1) is 17.3. The second kappa shape index (κ2) is 7.55. The molecule has 2 amide bonds. The van der Waals surface area contributed by atoms with Gasteiger partial charge in [0.2, 0.25) is 0 Å². The van der Waals surface area contributed by atoms with Gasteiger partial charge in [-0.25, -0.2) is 4.79 Å². The number of rotatable bonds is 4. The van der Waals surface area contributed by atoms with E-state index in [9.17, 15) is 9.59 Å². The highest BCUT2D eigenvalue weighted by Gasteiger charge is 2.20. The second-order valence-corrected chi connectivity index (χ2v) is 6.79. The Morgan fingerprint density at radius 2 is 2.04 bits per heavy atom. The number of aromatic nitrogens is 1. The fourth-order valence-corrected chi connectivity index (χ4v) is 3.61. The van der Waals surface area contributed by atoms with Gasteiger partial charge in [0, 0.05) is 23.7 Å². The number of nitrogens with one attached hydrogen (secondary N) is 3. The van der Waals surface area contributed by atoms with E-state index < -0.39 is 0 Å². The minimum Gasteiger partial charge on any atom is -0.338 e. The van der Waals surface area contributed by atoms with Crippen LogP contribution in [0.5, 0.6) is 0 Å². The molecule has 0 aliphatic heterocycles. The van der Waals surface area contributed by atoms with E-state index in [2.05, 4.69) is 39.9 Å². The van der Waals surface area contributed by atoms with E-state index in [4.69, 9.17) is 0 Å². The molecule has 25 heavy (non-hydrogen) atoms. The van der Waals surface area contributed by atoms with Gasteiger partial charge < -0.3 is 15.6 Å². The van der Waals surface area contributed by atoms with Crippen LogP contribution in [0.2, 0.25) is 0 Å². The number of pyridine rings is 1. The molecule has 0 unspecified atom stereocenters. The smallest absolute Gasteiger partial charge is 0.315 e.